The molecule has 0 aromatic heterocycles. The fourth-order valence-corrected chi connectivity index (χ4v) is 2.47. The normalized spacial score (nSPS) is 14.1. The van der Waals surface area contributed by atoms with Crippen LogP contribution in [0.2, 0.25) is 0 Å². The van der Waals surface area contributed by atoms with Crippen molar-refractivity contribution in [2.24, 2.45) is 5.92 Å². The minimum absolute atomic E-state index is 0.281. The van der Waals surface area contributed by atoms with Gasteiger partial charge in [-0.3, -0.25) is 4.79 Å². The Morgan fingerprint density at radius 2 is 1.78 bits per heavy atom. The summed E-state index contributed by atoms with van der Waals surface area (Å²) in [5, 5.41) is 10.3. The molecule has 2 atom stereocenters. The number of aryl methyl sites for hydroxylation is 3. The summed E-state index contributed by atoms with van der Waals surface area (Å²) >= 11 is 0. The van der Waals surface area contributed by atoms with Crippen LogP contribution in [0.5, 0.6) is 0 Å². The lowest BCUT2D eigenvalue weighted by Gasteiger charge is -2.19. The van der Waals surface area contributed by atoms with Gasteiger partial charge in [0.2, 0.25) is 0 Å². The highest BCUT2D eigenvalue weighted by Crippen LogP contribution is 2.28. The number of carbonyl (C=O) groups is 1. The second kappa shape index (κ2) is 6.01. The Morgan fingerprint density at radius 3 is 2.22 bits per heavy atom. The van der Waals surface area contributed by atoms with E-state index in [-0.39, 0.29) is 11.9 Å². The topological polar surface area (TPSA) is 46.5 Å². The molecule has 1 aromatic carbocycles. The van der Waals surface area contributed by atoms with Crippen molar-refractivity contribution in [1.82, 2.24) is 0 Å². The first-order valence-corrected chi connectivity index (χ1v) is 6.20. The van der Waals surface area contributed by atoms with Gasteiger partial charge in [-0.05, 0) is 43.9 Å². The van der Waals surface area contributed by atoms with Gasteiger partial charge in [-0.15, -0.1) is 0 Å². The highest BCUT2D eigenvalue weighted by Gasteiger charge is 2.21. The van der Waals surface area contributed by atoms with E-state index in [9.17, 15) is 9.90 Å². The lowest BCUT2D eigenvalue weighted by atomic mass is 9.91. The van der Waals surface area contributed by atoms with Gasteiger partial charge >= 0.3 is 5.97 Å². The SMILES string of the molecule is COC(=O)C(C)CC(O)c1c(C)cc(C)cc1C. The maximum absolute atomic E-state index is 11.4. The van der Waals surface area contributed by atoms with E-state index in [2.05, 4.69) is 4.74 Å². The molecule has 1 aromatic rings. The molecule has 0 aliphatic carbocycles. The molecule has 3 heteroatoms. The first-order chi connectivity index (χ1) is 8.36. The molecule has 1 rings (SSSR count). The number of ether oxygens (including phenoxy) is 1. The van der Waals surface area contributed by atoms with Gasteiger partial charge in [0.05, 0.1) is 19.1 Å². The lowest BCUT2D eigenvalue weighted by Crippen LogP contribution is -2.17. The Kier molecular flexibility index (Phi) is 4.91. The second-order valence-electron chi connectivity index (χ2n) is 4.99. The van der Waals surface area contributed by atoms with E-state index in [1.54, 1.807) is 6.92 Å². The van der Waals surface area contributed by atoms with Crippen molar-refractivity contribution >= 4 is 5.97 Å². The molecule has 0 fully saturated rings. The number of esters is 1. The lowest BCUT2D eigenvalue weighted by molar-refractivity contribution is -0.145. The third kappa shape index (κ3) is 3.33. The molecule has 3 nitrogen and oxygen atoms in total. The molecule has 18 heavy (non-hydrogen) atoms. The molecule has 1 N–H and O–H groups in total. The molecule has 0 bridgehead atoms. The zero-order valence-electron chi connectivity index (χ0n) is 11.8. The predicted molar refractivity (Wildman–Crippen MR) is 71.4 cm³/mol. The van der Waals surface area contributed by atoms with Crippen molar-refractivity contribution < 1.29 is 14.6 Å². The van der Waals surface area contributed by atoms with Gasteiger partial charge in [0, 0.05) is 0 Å². The van der Waals surface area contributed by atoms with Crippen LogP contribution >= 0.6 is 0 Å². The molecule has 0 heterocycles. The van der Waals surface area contributed by atoms with Crippen LogP contribution in [0.3, 0.4) is 0 Å². The molecule has 0 amide bonds. The summed E-state index contributed by atoms with van der Waals surface area (Å²) in [4.78, 5) is 11.4. The van der Waals surface area contributed by atoms with Gasteiger partial charge in [-0.1, -0.05) is 24.6 Å². The van der Waals surface area contributed by atoms with Gasteiger partial charge in [0.25, 0.3) is 0 Å². The number of aliphatic hydroxyl groups excluding tert-OH is 1. The largest absolute Gasteiger partial charge is 0.469 e. The van der Waals surface area contributed by atoms with Crippen LogP contribution in [-0.4, -0.2) is 18.2 Å². The van der Waals surface area contributed by atoms with Crippen molar-refractivity contribution in [3.63, 3.8) is 0 Å². The van der Waals surface area contributed by atoms with Gasteiger partial charge in [-0.2, -0.15) is 0 Å². The van der Waals surface area contributed by atoms with Crippen molar-refractivity contribution in [3.05, 3.63) is 34.4 Å². The van der Waals surface area contributed by atoms with Crippen LogP contribution in [0, 0.1) is 26.7 Å². The Labute approximate surface area is 109 Å². The number of aliphatic hydroxyl groups is 1. The van der Waals surface area contributed by atoms with E-state index in [1.807, 2.05) is 32.9 Å². The van der Waals surface area contributed by atoms with E-state index in [0.29, 0.717) is 6.42 Å². The molecular weight excluding hydrogens is 228 g/mol. The third-order valence-corrected chi connectivity index (χ3v) is 3.25. The van der Waals surface area contributed by atoms with Gasteiger partial charge in [0.1, 0.15) is 0 Å². The Bertz CT molecular complexity index is 414. The zero-order valence-corrected chi connectivity index (χ0v) is 11.8. The van der Waals surface area contributed by atoms with Crippen LogP contribution in [0.4, 0.5) is 0 Å². The highest BCUT2D eigenvalue weighted by atomic mass is 16.5. The summed E-state index contributed by atoms with van der Waals surface area (Å²) in [7, 11) is 1.37. The quantitative estimate of drug-likeness (QED) is 0.836. The minimum atomic E-state index is -0.625. The van der Waals surface area contributed by atoms with Crippen molar-refractivity contribution in [3.8, 4) is 0 Å². The van der Waals surface area contributed by atoms with Gasteiger partial charge < -0.3 is 9.84 Å². The molecular formula is C15H22O3. The van der Waals surface area contributed by atoms with Crippen LogP contribution in [0.15, 0.2) is 12.1 Å². The van der Waals surface area contributed by atoms with Crippen LogP contribution in [0.1, 0.15) is 41.7 Å². The molecule has 2 unspecified atom stereocenters. The molecule has 0 saturated carbocycles. The van der Waals surface area contributed by atoms with E-state index in [4.69, 9.17) is 0 Å². The number of rotatable bonds is 4. The highest BCUT2D eigenvalue weighted by molar-refractivity contribution is 5.71. The molecule has 0 spiro atoms. The Balaban J connectivity index is 2.91. The first kappa shape index (κ1) is 14.7. The van der Waals surface area contributed by atoms with Crippen molar-refractivity contribution in [2.75, 3.05) is 7.11 Å². The minimum Gasteiger partial charge on any atom is -0.469 e. The molecule has 0 radical (unpaired) electrons. The number of carbonyl (C=O) groups excluding carboxylic acids is 1. The second-order valence-corrected chi connectivity index (χ2v) is 4.99. The molecule has 0 saturated heterocycles. The number of methoxy groups -OCH3 is 1. The van der Waals surface area contributed by atoms with Crippen molar-refractivity contribution in [1.29, 1.82) is 0 Å². The fraction of sp³-hybridized carbons (Fsp3) is 0.533. The average molecular weight is 250 g/mol. The summed E-state index contributed by atoms with van der Waals surface area (Å²) in [5.74, 6) is -0.582. The van der Waals surface area contributed by atoms with Crippen LogP contribution < -0.4 is 0 Å². The molecule has 0 aliphatic heterocycles. The summed E-state index contributed by atoms with van der Waals surface area (Å²) in [5.41, 5.74) is 4.24. The van der Waals surface area contributed by atoms with E-state index in [0.717, 1.165) is 16.7 Å². The first-order valence-electron chi connectivity index (χ1n) is 6.20. The monoisotopic (exact) mass is 250 g/mol. The smallest absolute Gasteiger partial charge is 0.308 e. The van der Waals surface area contributed by atoms with E-state index in [1.165, 1.54) is 12.7 Å². The summed E-state index contributed by atoms with van der Waals surface area (Å²) < 4.78 is 4.68. The Hall–Kier alpha value is -1.35. The predicted octanol–water partition coefficient (Wildman–Crippen LogP) is 2.84. The number of benzene rings is 1. The summed E-state index contributed by atoms with van der Waals surface area (Å²) in [6.45, 7) is 7.78. The number of hydrogen-bond donors (Lipinski definition) is 1. The maximum atomic E-state index is 11.4. The Morgan fingerprint density at radius 1 is 1.28 bits per heavy atom. The van der Waals surface area contributed by atoms with Crippen LogP contribution in [-0.2, 0) is 9.53 Å². The van der Waals surface area contributed by atoms with Crippen LogP contribution in [0.25, 0.3) is 0 Å². The van der Waals surface area contributed by atoms with E-state index < -0.39 is 6.10 Å². The molecule has 100 valence electrons. The molecule has 0 aliphatic rings. The fourth-order valence-electron chi connectivity index (χ4n) is 2.47. The maximum Gasteiger partial charge on any atom is 0.308 e. The average Bonchev–Trinajstić information content (AvgIpc) is 2.26. The van der Waals surface area contributed by atoms with E-state index >= 15 is 0 Å². The summed E-state index contributed by atoms with van der Waals surface area (Å²) in [6.07, 6.45) is -0.239. The number of hydrogen-bond acceptors (Lipinski definition) is 3. The standard InChI is InChI=1S/C15H22O3/c1-9-6-10(2)14(11(3)7-9)13(16)8-12(4)15(17)18-5/h6-7,12-13,16H,8H2,1-5H3. The van der Waals surface area contributed by atoms with Crippen molar-refractivity contribution in [2.45, 2.75) is 40.2 Å². The van der Waals surface area contributed by atoms with Gasteiger partial charge in [-0.25, -0.2) is 0 Å². The van der Waals surface area contributed by atoms with Gasteiger partial charge in [0.15, 0.2) is 0 Å². The summed E-state index contributed by atoms with van der Waals surface area (Å²) in [6, 6.07) is 4.10. The zero-order chi connectivity index (χ0) is 13.9. The third-order valence-electron chi connectivity index (χ3n) is 3.25.